The summed E-state index contributed by atoms with van der Waals surface area (Å²) in [5.74, 6) is -1.98. The molecule has 0 bridgehead atoms. The Bertz CT molecular complexity index is 960. The van der Waals surface area contributed by atoms with Gasteiger partial charge in [0, 0.05) is 11.1 Å². The lowest BCUT2D eigenvalue weighted by Crippen LogP contribution is -1.96. The Hall–Kier alpha value is -2.59. The fourth-order valence-electron chi connectivity index (χ4n) is 3.12. The van der Waals surface area contributed by atoms with Crippen molar-refractivity contribution in [3.05, 3.63) is 83.2 Å². The van der Waals surface area contributed by atoms with Gasteiger partial charge in [0.2, 0.25) is 0 Å². The maximum atomic E-state index is 14.4. The van der Waals surface area contributed by atoms with Crippen molar-refractivity contribution in [1.29, 1.82) is 0 Å². The van der Waals surface area contributed by atoms with Gasteiger partial charge in [-0.1, -0.05) is 55.5 Å². The van der Waals surface area contributed by atoms with Crippen LogP contribution >= 0.6 is 0 Å². The summed E-state index contributed by atoms with van der Waals surface area (Å²) in [6.07, 6.45) is 0.438. The Labute approximate surface area is 150 Å². The lowest BCUT2D eigenvalue weighted by atomic mass is 9.97. The van der Waals surface area contributed by atoms with Crippen LogP contribution in [0.15, 0.2) is 54.6 Å². The lowest BCUT2D eigenvalue weighted by molar-refractivity contribution is 0.415. The van der Waals surface area contributed by atoms with Crippen molar-refractivity contribution >= 4 is 0 Å². The zero-order valence-corrected chi connectivity index (χ0v) is 14.2. The summed E-state index contributed by atoms with van der Waals surface area (Å²) in [5, 5.41) is 0. The number of benzene rings is 3. The highest BCUT2D eigenvalue weighted by Crippen LogP contribution is 2.34. The van der Waals surface area contributed by atoms with Crippen molar-refractivity contribution in [3.8, 4) is 22.3 Å². The van der Waals surface area contributed by atoms with Crippen LogP contribution in [-0.4, -0.2) is 6.61 Å². The molecule has 1 heterocycles. The molecule has 1 nitrogen and oxygen atoms in total. The molecule has 1 fully saturated rings. The van der Waals surface area contributed by atoms with Crippen LogP contribution in [0.2, 0.25) is 0 Å². The van der Waals surface area contributed by atoms with E-state index >= 15 is 0 Å². The molecule has 0 spiro atoms. The molecule has 1 unspecified atom stereocenters. The number of rotatable bonds is 4. The molecule has 1 atom stereocenters. The summed E-state index contributed by atoms with van der Waals surface area (Å²) in [7, 11) is 0. The third-order valence-corrected chi connectivity index (χ3v) is 4.75. The highest BCUT2D eigenvalue weighted by Gasteiger charge is 2.25. The topological polar surface area (TPSA) is 12.5 Å². The first-order valence-corrected chi connectivity index (χ1v) is 8.57. The van der Waals surface area contributed by atoms with E-state index in [1.165, 1.54) is 6.07 Å². The number of epoxide rings is 1. The summed E-state index contributed by atoms with van der Waals surface area (Å²) in [6, 6.07) is 15.0. The smallest absolute Gasteiger partial charge is 0.166 e. The van der Waals surface area contributed by atoms with E-state index < -0.39 is 11.6 Å². The number of halogens is 3. The molecule has 0 aromatic heterocycles. The van der Waals surface area contributed by atoms with Crippen LogP contribution in [0.3, 0.4) is 0 Å². The van der Waals surface area contributed by atoms with Crippen molar-refractivity contribution in [2.75, 3.05) is 6.61 Å². The molecule has 132 valence electrons. The van der Waals surface area contributed by atoms with Crippen LogP contribution in [0, 0.1) is 17.5 Å². The minimum absolute atomic E-state index is 0.00453. The summed E-state index contributed by atoms with van der Waals surface area (Å²) in [6.45, 7) is 2.41. The number of hydrogen-bond acceptors (Lipinski definition) is 1. The maximum absolute atomic E-state index is 14.4. The first-order chi connectivity index (χ1) is 12.6. The Morgan fingerprint density at radius 2 is 1.46 bits per heavy atom. The predicted molar refractivity (Wildman–Crippen MR) is 95.3 cm³/mol. The third kappa shape index (κ3) is 3.01. The fraction of sp³-hybridized carbons (Fsp3) is 0.182. The van der Waals surface area contributed by atoms with Crippen LogP contribution in [0.25, 0.3) is 22.3 Å². The van der Waals surface area contributed by atoms with Gasteiger partial charge in [-0.2, -0.15) is 0 Å². The zero-order valence-electron chi connectivity index (χ0n) is 14.2. The van der Waals surface area contributed by atoms with Crippen molar-refractivity contribution in [2.45, 2.75) is 19.4 Å². The van der Waals surface area contributed by atoms with E-state index in [0.29, 0.717) is 35.3 Å². The monoisotopic (exact) mass is 354 g/mol. The molecule has 1 aliphatic rings. The standard InChI is InChI=1S/C22H17F3O/c1-2-13-7-10-18(22(25)21(13)24)15-5-3-14(4-6-15)17-9-8-16(11-19(17)23)20-12-26-20/h3-11,20H,2,12H2,1H3. The molecule has 0 N–H and O–H groups in total. The van der Waals surface area contributed by atoms with Gasteiger partial charge in [-0.05, 0) is 34.7 Å². The number of hydrogen-bond donors (Lipinski definition) is 0. The molecule has 1 aliphatic heterocycles. The van der Waals surface area contributed by atoms with E-state index in [-0.39, 0.29) is 17.5 Å². The van der Waals surface area contributed by atoms with Gasteiger partial charge in [-0.15, -0.1) is 0 Å². The molecule has 26 heavy (non-hydrogen) atoms. The highest BCUT2D eigenvalue weighted by atomic mass is 19.2. The van der Waals surface area contributed by atoms with E-state index in [0.717, 1.165) is 5.56 Å². The molecular weight excluding hydrogens is 337 g/mol. The van der Waals surface area contributed by atoms with E-state index in [9.17, 15) is 13.2 Å². The van der Waals surface area contributed by atoms with Crippen molar-refractivity contribution in [3.63, 3.8) is 0 Å². The molecule has 4 heteroatoms. The average Bonchev–Trinajstić information content (AvgIpc) is 3.49. The van der Waals surface area contributed by atoms with Crippen molar-refractivity contribution in [1.82, 2.24) is 0 Å². The molecule has 4 rings (SSSR count). The molecule has 3 aromatic carbocycles. The van der Waals surface area contributed by atoms with Crippen molar-refractivity contribution in [2.24, 2.45) is 0 Å². The van der Waals surface area contributed by atoms with Gasteiger partial charge in [0.25, 0.3) is 0 Å². The summed E-state index contributed by atoms with van der Waals surface area (Å²) in [4.78, 5) is 0. The zero-order chi connectivity index (χ0) is 18.3. The summed E-state index contributed by atoms with van der Waals surface area (Å²) >= 11 is 0. The molecule has 1 saturated heterocycles. The molecular formula is C22H17F3O. The van der Waals surface area contributed by atoms with E-state index in [4.69, 9.17) is 4.74 Å². The van der Waals surface area contributed by atoms with Gasteiger partial charge < -0.3 is 4.74 Å². The second-order valence-corrected chi connectivity index (χ2v) is 6.39. The van der Waals surface area contributed by atoms with Crippen LogP contribution in [0.4, 0.5) is 13.2 Å². The number of ether oxygens (including phenoxy) is 1. The van der Waals surface area contributed by atoms with Crippen molar-refractivity contribution < 1.29 is 17.9 Å². The van der Waals surface area contributed by atoms with Crippen LogP contribution < -0.4 is 0 Å². The van der Waals surface area contributed by atoms with Gasteiger partial charge in [0.1, 0.15) is 11.9 Å². The lowest BCUT2D eigenvalue weighted by Gasteiger charge is -2.09. The largest absolute Gasteiger partial charge is 0.368 e. The quantitative estimate of drug-likeness (QED) is 0.518. The third-order valence-electron chi connectivity index (χ3n) is 4.75. The van der Waals surface area contributed by atoms with Crippen LogP contribution in [0.1, 0.15) is 24.2 Å². The SMILES string of the molecule is CCc1ccc(-c2ccc(-c3ccc(C4CO4)cc3F)cc2)c(F)c1F. The maximum Gasteiger partial charge on any atom is 0.166 e. The molecule has 0 saturated carbocycles. The van der Waals surface area contributed by atoms with Crippen LogP contribution in [0.5, 0.6) is 0 Å². The van der Waals surface area contributed by atoms with Gasteiger partial charge in [0.15, 0.2) is 11.6 Å². The van der Waals surface area contributed by atoms with Gasteiger partial charge in [-0.25, -0.2) is 13.2 Å². The highest BCUT2D eigenvalue weighted by molar-refractivity contribution is 5.71. The van der Waals surface area contributed by atoms with Gasteiger partial charge in [0.05, 0.1) is 6.61 Å². The first-order valence-electron chi connectivity index (χ1n) is 8.57. The Morgan fingerprint density at radius 3 is 2.04 bits per heavy atom. The molecule has 0 radical (unpaired) electrons. The molecule has 0 amide bonds. The summed E-state index contributed by atoms with van der Waals surface area (Å²) in [5.41, 5.74) is 3.08. The summed E-state index contributed by atoms with van der Waals surface area (Å²) < 4.78 is 47.9. The fourth-order valence-corrected chi connectivity index (χ4v) is 3.12. The Balaban J connectivity index is 1.66. The van der Waals surface area contributed by atoms with E-state index in [1.807, 2.05) is 6.07 Å². The normalized spacial score (nSPS) is 15.9. The average molecular weight is 354 g/mol. The minimum Gasteiger partial charge on any atom is -0.368 e. The predicted octanol–water partition coefficient (Wildman–Crippen LogP) is 6.07. The van der Waals surface area contributed by atoms with Gasteiger partial charge >= 0.3 is 0 Å². The van der Waals surface area contributed by atoms with E-state index in [1.54, 1.807) is 49.4 Å². The van der Waals surface area contributed by atoms with Gasteiger partial charge in [-0.3, -0.25) is 0 Å². The molecule has 0 aliphatic carbocycles. The Kier molecular flexibility index (Phi) is 4.29. The minimum atomic E-state index is -0.850. The van der Waals surface area contributed by atoms with Crippen LogP contribution in [-0.2, 0) is 11.2 Å². The first kappa shape index (κ1) is 16.9. The van der Waals surface area contributed by atoms with E-state index in [2.05, 4.69) is 0 Å². The number of aryl methyl sites for hydroxylation is 1. The molecule has 3 aromatic rings. The Morgan fingerprint density at radius 1 is 0.846 bits per heavy atom. The second kappa shape index (κ2) is 6.61. The second-order valence-electron chi connectivity index (χ2n) is 6.39.